The van der Waals surface area contributed by atoms with Crippen molar-refractivity contribution in [2.75, 3.05) is 0 Å². The topological polar surface area (TPSA) is 61.9 Å². The molecule has 1 aromatic carbocycles. The van der Waals surface area contributed by atoms with E-state index in [0.29, 0.717) is 5.92 Å². The molecule has 0 aliphatic heterocycles. The SMILES string of the molecule is CC(N=[N+]=[N-])c1ccc2oc(C3CC3)cc2c1. The van der Waals surface area contributed by atoms with Gasteiger partial charge in [-0.2, -0.15) is 0 Å². The molecule has 1 aliphatic carbocycles. The fraction of sp³-hybridized carbons (Fsp3) is 0.385. The van der Waals surface area contributed by atoms with E-state index >= 15 is 0 Å². The predicted octanol–water partition coefficient (Wildman–Crippen LogP) is 4.68. The van der Waals surface area contributed by atoms with Gasteiger partial charge in [-0.25, -0.2) is 0 Å². The first-order chi connectivity index (χ1) is 8.28. The van der Waals surface area contributed by atoms with Crippen LogP contribution in [-0.2, 0) is 0 Å². The van der Waals surface area contributed by atoms with Crippen molar-refractivity contribution in [3.63, 3.8) is 0 Å². The summed E-state index contributed by atoms with van der Waals surface area (Å²) in [6.45, 7) is 1.89. The van der Waals surface area contributed by atoms with Crippen LogP contribution >= 0.6 is 0 Å². The molecule has 4 nitrogen and oxygen atoms in total. The third kappa shape index (κ3) is 1.87. The molecule has 2 aromatic rings. The molecule has 1 aromatic heterocycles. The third-order valence-electron chi connectivity index (χ3n) is 3.25. The molecule has 4 heteroatoms. The summed E-state index contributed by atoms with van der Waals surface area (Å²) in [5.74, 6) is 1.72. The van der Waals surface area contributed by atoms with E-state index in [-0.39, 0.29) is 6.04 Å². The van der Waals surface area contributed by atoms with Crippen LogP contribution in [0.15, 0.2) is 33.8 Å². The molecular formula is C13H13N3O. The number of azide groups is 1. The van der Waals surface area contributed by atoms with Gasteiger partial charge in [-0.15, -0.1) is 0 Å². The van der Waals surface area contributed by atoms with E-state index in [1.165, 1.54) is 12.8 Å². The molecule has 3 rings (SSSR count). The largest absolute Gasteiger partial charge is 0.461 e. The summed E-state index contributed by atoms with van der Waals surface area (Å²) in [4.78, 5) is 2.84. The molecule has 86 valence electrons. The Bertz CT molecular complexity index is 606. The molecular weight excluding hydrogens is 214 g/mol. The quantitative estimate of drug-likeness (QED) is 0.426. The molecule has 0 bridgehead atoms. The number of hydrogen-bond acceptors (Lipinski definition) is 2. The number of rotatable bonds is 3. The minimum atomic E-state index is -0.135. The highest BCUT2D eigenvalue weighted by molar-refractivity contribution is 5.79. The molecule has 0 N–H and O–H groups in total. The van der Waals surface area contributed by atoms with Crippen LogP contribution in [-0.4, -0.2) is 0 Å². The molecule has 1 saturated carbocycles. The average Bonchev–Trinajstić information content (AvgIpc) is 3.08. The van der Waals surface area contributed by atoms with Gasteiger partial charge in [0.25, 0.3) is 0 Å². The smallest absolute Gasteiger partial charge is 0.134 e. The van der Waals surface area contributed by atoms with E-state index in [0.717, 1.165) is 22.3 Å². The zero-order valence-corrected chi connectivity index (χ0v) is 9.63. The summed E-state index contributed by atoms with van der Waals surface area (Å²) in [6, 6.07) is 7.94. The van der Waals surface area contributed by atoms with Gasteiger partial charge in [-0.1, -0.05) is 18.1 Å². The second-order valence-electron chi connectivity index (χ2n) is 4.60. The van der Waals surface area contributed by atoms with Crippen molar-refractivity contribution >= 4 is 11.0 Å². The Morgan fingerprint density at radius 2 is 2.24 bits per heavy atom. The Labute approximate surface area is 98.9 Å². The fourth-order valence-corrected chi connectivity index (χ4v) is 2.06. The summed E-state index contributed by atoms with van der Waals surface area (Å²) < 4.78 is 5.78. The monoisotopic (exact) mass is 227 g/mol. The summed E-state index contributed by atoms with van der Waals surface area (Å²) >= 11 is 0. The number of nitrogens with zero attached hydrogens (tertiary/aromatic N) is 3. The molecule has 1 atom stereocenters. The Hall–Kier alpha value is -1.93. The minimum absolute atomic E-state index is 0.135. The van der Waals surface area contributed by atoms with E-state index in [1.807, 2.05) is 25.1 Å². The van der Waals surface area contributed by atoms with Gasteiger partial charge in [-0.05, 0) is 42.1 Å². The van der Waals surface area contributed by atoms with Crippen LogP contribution < -0.4 is 0 Å². The van der Waals surface area contributed by atoms with Crippen molar-refractivity contribution in [3.8, 4) is 0 Å². The maximum Gasteiger partial charge on any atom is 0.134 e. The number of fused-ring (bicyclic) bond motifs is 1. The van der Waals surface area contributed by atoms with E-state index < -0.39 is 0 Å². The maximum absolute atomic E-state index is 8.44. The standard InChI is InChI=1S/C13H13N3O/c1-8(15-16-14)10-4-5-12-11(6-10)7-13(17-12)9-2-3-9/h4-9H,2-3H2,1H3. The van der Waals surface area contributed by atoms with Gasteiger partial charge < -0.3 is 4.42 Å². The molecule has 17 heavy (non-hydrogen) atoms. The highest BCUT2D eigenvalue weighted by Crippen LogP contribution is 2.42. The van der Waals surface area contributed by atoms with Gasteiger partial charge in [0.05, 0.1) is 6.04 Å². The first-order valence-electron chi connectivity index (χ1n) is 5.85. The van der Waals surface area contributed by atoms with Crippen LogP contribution in [0.25, 0.3) is 21.4 Å². The highest BCUT2D eigenvalue weighted by atomic mass is 16.3. The summed E-state index contributed by atoms with van der Waals surface area (Å²) in [6.07, 6.45) is 2.48. The Morgan fingerprint density at radius 3 is 2.94 bits per heavy atom. The lowest BCUT2D eigenvalue weighted by Gasteiger charge is -2.03. The normalized spacial score (nSPS) is 16.8. The van der Waals surface area contributed by atoms with Crippen LogP contribution in [0, 0.1) is 0 Å². The van der Waals surface area contributed by atoms with Gasteiger partial charge in [0.15, 0.2) is 0 Å². The molecule has 1 heterocycles. The molecule has 1 aliphatic rings. The second-order valence-corrected chi connectivity index (χ2v) is 4.60. The van der Waals surface area contributed by atoms with Crippen LogP contribution in [0.1, 0.15) is 43.0 Å². The van der Waals surface area contributed by atoms with Gasteiger partial charge in [0, 0.05) is 16.2 Å². The van der Waals surface area contributed by atoms with Crippen molar-refractivity contribution in [1.29, 1.82) is 0 Å². The summed E-state index contributed by atoms with van der Waals surface area (Å²) in [5.41, 5.74) is 10.4. The first kappa shape index (κ1) is 10.2. The lowest BCUT2D eigenvalue weighted by atomic mass is 10.1. The van der Waals surface area contributed by atoms with Crippen molar-refractivity contribution in [1.82, 2.24) is 0 Å². The lowest BCUT2D eigenvalue weighted by Crippen LogP contribution is -1.86. The van der Waals surface area contributed by atoms with E-state index in [4.69, 9.17) is 9.95 Å². The lowest BCUT2D eigenvalue weighted by molar-refractivity contribution is 0.552. The molecule has 0 radical (unpaired) electrons. The molecule has 0 amide bonds. The molecule has 0 saturated heterocycles. The third-order valence-corrected chi connectivity index (χ3v) is 3.25. The van der Waals surface area contributed by atoms with Crippen molar-refractivity contribution < 1.29 is 4.42 Å². The van der Waals surface area contributed by atoms with Crippen molar-refractivity contribution in [2.45, 2.75) is 31.7 Å². The van der Waals surface area contributed by atoms with E-state index in [9.17, 15) is 0 Å². The average molecular weight is 227 g/mol. The minimum Gasteiger partial charge on any atom is -0.461 e. The first-order valence-corrected chi connectivity index (χ1v) is 5.85. The predicted molar refractivity (Wildman–Crippen MR) is 65.8 cm³/mol. The number of benzene rings is 1. The number of hydrogen-bond donors (Lipinski definition) is 0. The zero-order valence-electron chi connectivity index (χ0n) is 9.63. The van der Waals surface area contributed by atoms with Crippen LogP contribution in [0.5, 0.6) is 0 Å². The molecule has 1 unspecified atom stereocenters. The highest BCUT2D eigenvalue weighted by Gasteiger charge is 2.27. The zero-order chi connectivity index (χ0) is 11.8. The van der Waals surface area contributed by atoms with Gasteiger partial charge >= 0.3 is 0 Å². The number of furan rings is 1. The van der Waals surface area contributed by atoms with Crippen molar-refractivity contribution in [3.05, 3.63) is 46.0 Å². The Morgan fingerprint density at radius 1 is 1.41 bits per heavy atom. The van der Waals surface area contributed by atoms with Gasteiger partial charge in [-0.3, -0.25) is 0 Å². The van der Waals surface area contributed by atoms with E-state index in [2.05, 4.69) is 16.1 Å². The van der Waals surface area contributed by atoms with Gasteiger partial charge in [0.1, 0.15) is 11.3 Å². The summed E-state index contributed by atoms with van der Waals surface area (Å²) in [7, 11) is 0. The Balaban J connectivity index is 2.02. The maximum atomic E-state index is 8.44. The molecule has 1 fully saturated rings. The van der Waals surface area contributed by atoms with Gasteiger partial charge in [0.2, 0.25) is 0 Å². The van der Waals surface area contributed by atoms with E-state index in [1.54, 1.807) is 0 Å². The second kappa shape index (κ2) is 3.82. The fourth-order valence-electron chi connectivity index (χ4n) is 2.06. The van der Waals surface area contributed by atoms with Crippen LogP contribution in [0.4, 0.5) is 0 Å². The van der Waals surface area contributed by atoms with Crippen LogP contribution in [0.3, 0.4) is 0 Å². The van der Waals surface area contributed by atoms with Crippen LogP contribution in [0.2, 0.25) is 0 Å². The Kier molecular flexibility index (Phi) is 2.30. The molecule has 0 spiro atoms. The summed E-state index contributed by atoms with van der Waals surface area (Å²) in [5, 5.41) is 4.81. The van der Waals surface area contributed by atoms with Crippen molar-refractivity contribution in [2.24, 2.45) is 5.11 Å².